The summed E-state index contributed by atoms with van der Waals surface area (Å²) in [5.41, 5.74) is 5.65. The van der Waals surface area contributed by atoms with Crippen molar-refractivity contribution in [1.82, 2.24) is 14.9 Å². The first-order chi connectivity index (χ1) is 15.5. The Hall–Kier alpha value is -2.90. The SMILES string of the molecule is CCOc1ccc(N2C(=S)N[C@@H](c3ccccn3)[C@@H]2c2cc(C)n(CCOC)c2C)cc1. The van der Waals surface area contributed by atoms with E-state index in [0.29, 0.717) is 18.3 Å². The molecular weight excluding hydrogens is 420 g/mol. The lowest BCUT2D eigenvalue weighted by molar-refractivity contribution is 0.186. The molecule has 0 bridgehead atoms. The lowest BCUT2D eigenvalue weighted by Crippen LogP contribution is -2.29. The number of aryl methyl sites for hydroxylation is 1. The van der Waals surface area contributed by atoms with Crippen LogP contribution >= 0.6 is 12.2 Å². The fourth-order valence-electron chi connectivity index (χ4n) is 4.47. The molecule has 4 rings (SSSR count). The van der Waals surface area contributed by atoms with E-state index in [2.05, 4.69) is 57.9 Å². The number of anilines is 1. The third-order valence-electron chi connectivity index (χ3n) is 5.97. The highest BCUT2D eigenvalue weighted by molar-refractivity contribution is 7.80. The van der Waals surface area contributed by atoms with Crippen LogP contribution in [0.2, 0.25) is 0 Å². The maximum Gasteiger partial charge on any atom is 0.174 e. The van der Waals surface area contributed by atoms with Gasteiger partial charge in [0.25, 0.3) is 0 Å². The quantitative estimate of drug-likeness (QED) is 0.501. The van der Waals surface area contributed by atoms with Crippen LogP contribution in [-0.4, -0.2) is 35.0 Å². The first-order valence-corrected chi connectivity index (χ1v) is 11.3. The van der Waals surface area contributed by atoms with E-state index in [1.165, 1.54) is 17.0 Å². The topological polar surface area (TPSA) is 51.5 Å². The van der Waals surface area contributed by atoms with Crippen LogP contribution in [0.15, 0.2) is 54.7 Å². The number of benzene rings is 1. The van der Waals surface area contributed by atoms with Crippen LogP contribution in [0.25, 0.3) is 0 Å². The van der Waals surface area contributed by atoms with Crippen molar-refractivity contribution in [1.29, 1.82) is 0 Å². The van der Waals surface area contributed by atoms with Crippen LogP contribution in [0, 0.1) is 13.8 Å². The number of methoxy groups -OCH3 is 1. The minimum atomic E-state index is -0.0633. The number of thiocarbonyl (C=S) groups is 1. The molecule has 2 aromatic heterocycles. The second-order valence-corrected chi connectivity index (χ2v) is 8.28. The lowest BCUT2D eigenvalue weighted by atomic mass is 9.96. The van der Waals surface area contributed by atoms with Gasteiger partial charge in [-0.2, -0.15) is 0 Å². The molecule has 3 heterocycles. The second-order valence-electron chi connectivity index (χ2n) is 7.89. The van der Waals surface area contributed by atoms with Gasteiger partial charge in [0, 0.05) is 36.9 Å². The summed E-state index contributed by atoms with van der Waals surface area (Å²) in [6.07, 6.45) is 1.83. The number of nitrogens with zero attached hydrogens (tertiary/aromatic N) is 3. The number of aromatic nitrogens is 2. The van der Waals surface area contributed by atoms with E-state index in [4.69, 9.17) is 21.7 Å². The highest BCUT2D eigenvalue weighted by Crippen LogP contribution is 2.43. The Kier molecular flexibility index (Phi) is 6.77. The highest BCUT2D eigenvalue weighted by Gasteiger charge is 2.42. The molecule has 0 unspecified atom stereocenters. The van der Waals surface area contributed by atoms with E-state index in [-0.39, 0.29) is 12.1 Å². The molecule has 0 spiro atoms. The van der Waals surface area contributed by atoms with Crippen LogP contribution in [0.1, 0.15) is 41.7 Å². The Morgan fingerprint density at radius 1 is 1.12 bits per heavy atom. The van der Waals surface area contributed by atoms with Crippen LogP contribution < -0.4 is 15.0 Å². The molecule has 0 radical (unpaired) electrons. The maximum atomic E-state index is 5.84. The van der Waals surface area contributed by atoms with E-state index in [9.17, 15) is 0 Å². The monoisotopic (exact) mass is 450 g/mol. The minimum Gasteiger partial charge on any atom is -0.494 e. The number of rotatable bonds is 8. The van der Waals surface area contributed by atoms with Gasteiger partial charge >= 0.3 is 0 Å². The highest BCUT2D eigenvalue weighted by atomic mass is 32.1. The predicted octanol–water partition coefficient (Wildman–Crippen LogP) is 4.72. The Morgan fingerprint density at radius 3 is 2.56 bits per heavy atom. The molecule has 3 aromatic rings. The van der Waals surface area contributed by atoms with Crippen LogP contribution in [-0.2, 0) is 11.3 Å². The van der Waals surface area contributed by atoms with E-state index in [0.717, 1.165) is 23.7 Å². The fraction of sp³-hybridized carbons (Fsp3) is 0.360. The average Bonchev–Trinajstić information content (AvgIpc) is 3.29. The standard InChI is InChI=1S/C25H30N4O2S/c1-5-31-20-11-9-19(10-12-20)29-24(21-16-17(2)28(18(21)3)14-15-30-4)23(27-25(29)32)22-8-6-7-13-26-22/h6-13,16,23-24H,5,14-15H2,1-4H3,(H,27,32)/t23-,24-/m0/s1. The van der Waals surface area contributed by atoms with Gasteiger partial charge in [-0.25, -0.2) is 0 Å². The molecule has 1 saturated heterocycles. The van der Waals surface area contributed by atoms with Crippen molar-refractivity contribution in [3.05, 3.63) is 77.4 Å². The van der Waals surface area contributed by atoms with Gasteiger partial charge in [0.15, 0.2) is 5.11 Å². The molecule has 7 heteroatoms. The van der Waals surface area contributed by atoms with Crippen LogP contribution in [0.5, 0.6) is 5.75 Å². The number of hydrogen-bond donors (Lipinski definition) is 1. The molecular formula is C25H30N4O2S. The summed E-state index contributed by atoms with van der Waals surface area (Å²) in [4.78, 5) is 6.85. The largest absolute Gasteiger partial charge is 0.494 e. The molecule has 0 amide bonds. The summed E-state index contributed by atoms with van der Waals surface area (Å²) < 4.78 is 13.3. The zero-order chi connectivity index (χ0) is 22.7. The third-order valence-corrected chi connectivity index (χ3v) is 6.29. The van der Waals surface area contributed by atoms with Crippen LogP contribution in [0.3, 0.4) is 0 Å². The average molecular weight is 451 g/mol. The van der Waals surface area contributed by atoms with Gasteiger partial charge in [0.05, 0.1) is 31.0 Å². The summed E-state index contributed by atoms with van der Waals surface area (Å²) in [5.74, 6) is 0.852. The first kappa shape index (κ1) is 22.3. The zero-order valence-electron chi connectivity index (χ0n) is 19.0. The lowest BCUT2D eigenvalue weighted by Gasteiger charge is -2.28. The molecule has 6 nitrogen and oxygen atoms in total. The van der Waals surface area contributed by atoms with Gasteiger partial charge in [-0.3, -0.25) is 4.98 Å². The zero-order valence-corrected chi connectivity index (χ0v) is 19.9. The normalized spacial score (nSPS) is 18.1. The Bertz CT molecular complexity index is 1070. The van der Waals surface area contributed by atoms with E-state index < -0.39 is 0 Å². The van der Waals surface area contributed by atoms with Crippen molar-refractivity contribution < 1.29 is 9.47 Å². The molecule has 1 N–H and O–H groups in total. The molecule has 1 aliphatic rings. The molecule has 0 saturated carbocycles. The molecule has 168 valence electrons. The summed E-state index contributed by atoms with van der Waals surface area (Å²) in [6, 6.07) is 16.3. The number of hydrogen-bond acceptors (Lipinski definition) is 4. The van der Waals surface area contributed by atoms with Crippen molar-refractivity contribution in [2.75, 3.05) is 25.2 Å². The number of ether oxygens (including phenoxy) is 2. The third kappa shape index (κ3) is 4.23. The Balaban J connectivity index is 1.80. The number of nitrogens with one attached hydrogen (secondary N) is 1. The first-order valence-electron chi connectivity index (χ1n) is 10.9. The van der Waals surface area contributed by atoms with Crippen LogP contribution in [0.4, 0.5) is 5.69 Å². The van der Waals surface area contributed by atoms with Crippen molar-refractivity contribution in [2.24, 2.45) is 0 Å². The van der Waals surface area contributed by atoms with Crippen molar-refractivity contribution >= 4 is 23.0 Å². The van der Waals surface area contributed by atoms with Crippen molar-refractivity contribution in [3.8, 4) is 5.75 Å². The minimum absolute atomic E-state index is 0.0298. The molecule has 1 fully saturated rings. The smallest absolute Gasteiger partial charge is 0.174 e. The van der Waals surface area contributed by atoms with E-state index >= 15 is 0 Å². The number of pyridine rings is 1. The van der Waals surface area contributed by atoms with Gasteiger partial charge in [-0.05, 0) is 81.0 Å². The fourth-order valence-corrected chi connectivity index (χ4v) is 4.82. The van der Waals surface area contributed by atoms with Crippen molar-refractivity contribution in [3.63, 3.8) is 0 Å². The summed E-state index contributed by atoms with van der Waals surface area (Å²) >= 11 is 5.84. The molecule has 1 aliphatic heterocycles. The molecule has 2 atom stereocenters. The molecule has 1 aromatic carbocycles. The maximum absolute atomic E-state index is 5.84. The predicted molar refractivity (Wildman–Crippen MR) is 131 cm³/mol. The van der Waals surface area contributed by atoms with Gasteiger partial charge in [-0.15, -0.1) is 0 Å². The summed E-state index contributed by atoms with van der Waals surface area (Å²) in [5, 5.41) is 4.23. The molecule has 0 aliphatic carbocycles. The van der Waals surface area contributed by atoms with E-state index in [1.807, 2.05) is 37.4 Å². The van der Waals surface area contributed by atoms with Gasteiger partial charge in [0.1, 0.15) is 5.75 Å². The van der Waals surface area contributed by atoms with Gasteiger partial charge < -0.3 is 24.3 Å². The Labute approximate surface area is 195 Å². The summed E-state index contributed by atoms with van der Waals surface area (Å²) in [6.45, 7) is 8.43. The van der Waals surface area contributed by atoms with Crippen molar-refractivity contribution in [2.45, 2.75) is 39.4 Å². The van der Waals surface area contributed by atoms with Gasteiger partial charge in [0.2, 0.25) is 0 Å². The Morgan fingerprint density at radius 2 is 1.91 bits per heavy atom. The molecule has 32 heavy (non-hydrogen) atoms. The second kappa shape index (κ2) is 9.71. The van der Waals surface area contributed by atoms with Gasteiger partial charge in [-0.1, -0.05) is 6.07 Å². The summed E-state index contributed by atoms with van der Waals surface area (Å²) in [7, 11) is 1.74. The van der Waals surface area contributed by atoms with E-state index in [1.54, 1.807) is 7.11 Å².